The Labute approximate surface area is 176 Å². The highest BCUT2D eigenvalue weighted by Crippen LogP contribution is 2.41. The van der Waals surface area contributed by atoms with E-state index >= 15 is 0 Å². The van der Waals surface area contributed by atoms with Crippen LogP contribution in [0.1, 0.15) is 4.88 Å². The van der Waals surface area contributed by atoms with Crippen molar-refractivity contribution in [3.8, 4) is 0 Å². The van der Waals surface area contributed by atoms with E-state index in [1.807, 2.05) is 47.8 Å². The first kappa shape index (κ1) is 18.7. The molecule has 0 atom stereocenters. The topological polar surface area (TPSA) is 40.6 Å². The molecule has 1 aliphatic heterocycles. The SMILES string of the molecule is CN(C1=C(c2cccs2)C(=O)N(c2cccc(Cl)c2Cl)C1=O)c1ccccc1. The maximum atomic E-state index is 13.4. The van der Waals surface area contributed by atoms with E-state index in [0.29, 0.717) is 11.3 Å². The van der Waals surface area contributed by atoms with Crippen molar-refractivity contribution in [1.82, 2.24) is 0 Å². The van der Waals surface area contributed by atoms with Crippen LogP contribution >= 0.6 is 34.5 Å². The average molecular weight is 429 g/mol. The summed E-state index contributed by atoms with van der Waals surface area (Å²) in [6, 6.07) is 18.0. The van der Waals surface area contributed by atoms with Crippen molar-refractivity contribution < 1.29 is 9.59 Å². The number of imide groups is 1. The van der Waals surface area contributed by atoms with E-state index < -0.39 is 11.8 Å². The number of likely N-dealkylation sites (N-methyl/N-ethyl adjacent to an activating group) is 1. The van der Waals surface area contributed by atoms with Gasteiger partial charge < -0.3 is 4.90 Å². The number of para-hydroxylation sites is 1. The molecule has 0 N–H and O–H groups in total. The number of hydrogen-bond acceptors (Lipinski definition) is 4. The van der Waals surface area contributed by atoms with E-state index in [2.05, 4.69) is 0 Å². The number of rotatable bonds is 4. The van der Waals surface area contributed by atoms with Crippen LogP contribution in [-0.4, -0.2) is 18.9 Å². The van der Waals surface area contributed by atoms with E-state index in [-0.39, 0.29) is 15.7 Å². The Balaban J connectivity index is 1.89. The van der Waals surface area contributed by atoms with Crippen molar-refractivity contribution in [1.29, 1.82) is 0 Å². The summed E-state index contributed by atoms with van der Waals surface area (Å²) >= 11 is 13.8. The van der Waals surface area contributed by atoms with Gasteiger partial charge in [-0.25, -0.2) is 4.90 Å². The van der Waals surface area contributed by atoms with Crippen LogP contribution in [-0.2, 0) is 9.59 Å². The van der Waals surface area contributed by atoms with Crippen molar-refractivity contribution in [3.63, 3.8) is 0 Å². The number of carbonyl (C=O) groups is 2. The monoisotopic (exact) mass is 428 g/mol. The van der Waals surface area contributed by atoms with Gasteiger partial charge in [-0.05, 0) is 35.7 Å². The standard InChI is InChI=1S/C21H14Cl2N2O2S/c1-24(13-7-3-2-4-8-13)19-17(16-11-6-12-28-16)20(26)25(21(19)27)15-10-5-9-14(22)18(15)23/h2-12H,1H3. The highest BCUT2D eigenvalue weighted by Gasteiger charge is 2.43. The van der Waals surface area contributed by atoms with Gasteiger partial charge in [-0.1, -0.05) is 53.5 Å². The third-order valence-electron chi connectivity index (χ3n) is 4.48. The number of amides is 2. The van der Waals surface area contributed by atoms with Gasteiger partial charge in [0.1, 0.15) is 5.70 Å². The summed E-state index contributed by atoms with van der Waals surface area (Å²) in [7, 11) is 1.77. The van der Waals surface area contributed by atoms with E-state index in [1.165, 1.54) is 11.3 Å². The summed E-state index contributed by atoms with van der Waals surface area (Å²) in [4.78, 5) is 30.3. The minimum absolute atomic E-state index is 0.167. The van der Waals surface area contributed by atoms with Gasteiger partial charge in [-0.15, -0.1) is 11.3 Å². The predicted octanol–water partition coefficient (Wildman–Crippen LogP) is 5.48. The Morgan fingerprint density at radius 1 is 0.893 bits per heavy atom. The molecule has 4 nitrogen and oxygen atoms in total. The second-order valence-electron chi connectivity index (χ2n) is 6.11. The van der Waals surface area contributed by atoms with E-state index in [4.69, 9.17) is 23.2 Å². The molecule has 0 spiro atoms. The van der Waals surface area contributed by atoms with Gasteiger partial charge in [0.05, 0.1) is 21.3 Å². The molecule has 4 rings (SSSR count). The second-order valence-corrected chi connectivity index (χ2v) is 7.85. The number of thiophene rings is 1. The predicted molar refractivity (Wildman–Crippen MR) is 115 cm³/mol. The highest BCUT2D eigenvalue weighted by molar-refractivity contribution is 7.11. The van der Waals surface area contributed by atoms with Crippen LogP contribution in [0.5, 0.6) is 0 Å². The van der Waals surface area contributed by atoms with Crippen LogP contribution in [0.3, 0.4) is 0 Å². The molecule has 0 radical (unpaired) electrons. The molecule has 2 amide bonds. The zero-order valence-electron chi connectivity index (χ0n) is 14.7. The van der Waals surface area contributed by atoms with Crippen molar-refractivity contribution >= 4 is 63.3 Å². The Morgan fingerprint density at radius 2 is 1.64 bits per heavy atom. The molecule has 0 saturated carbocycles. The number of hydrogen-bond donors (Lipinski definition) is 0. The lowest BCUT2D eigenvalue weighted by molar-refractivity contribution is -0.120. The molecule has 1 aliphatic rings. The molecule has 2 aromatic carbocycles. The Bertz CT molecular complexity index is 1090. The lowest BCUT2D eigenvalue weighted by Crippen LogP contribution is -2.34. The largest absolute Gasteiger partial charge is 0.339 e. The average Bonchev–Trinajstić information content (AvgIpc) is 3.31. The summed E-state index contributed by atoms with van der Waals surface area (Å²) in [6.45, 7) is 0. The lowest BCUT2D eigenvalue weighted by atomic mass is 10.1. The van der Waals surface area contributed by atoms with Gasteiger partial charge in [0, 0.05) is 17.6 Å². The summed E-state index contributed by atoms with van der Waals surface area (Å²) < 4.78 is 0. The number of halogens is 2. The molecule has 28 heavy (non-hydrogen) atoms. The van der Waals surface area contributed by atoms with E-state index in [1.54, 1.807) is 30.1 Å². The Morgan fingerprint density at radius 3 is 2.32 bits per heavy atom. The molecule has 0 saturated heterocycles. The third-order valence-corrected chi connectivity index (χ3v) is 6.17. The molecule has 0 unspecified atom stereocenters. The van der Waals surface area contributed by atoms with Gasteiger partial charge >= 0.3 is 0 Å². The number of nitrogens with zero attached hydrogens (tertiary/aromatic N) is 2. The fourth-order valence-corrected chi connectivity index (χ4v) is 4.28. The van der Waals surface area contributed by atoms with E-state index in [9.17, 15) is 9.59 Å². The van der Waals surface area contributed by atoms with Crippen LogP contribution in [0, 0.1) is 0 Å². The quantitative estimate of drug-likeness (QED) is 0.516. The molecule has 7 heteroatoms. The van der Waals surface area contributed by atoms with Crippen LogP contribution in [0.2, 0.25) is 10.0 Å². The molecule has 0 bridgehead atoms. The van der Waals surface area contributed by atoms with Gasteiger partial charge in [-0.3, -0.25) is 9.59 Å². The zero-order valence-corrected chi connectivity index (χ0v) is 17.1. The maximum Gasteiger partial charge on any atom is 0.282 e. The summed E-state index contributed by atoms with van der Waals surface area (Å²) in [5.74, 6) is -0.863. The normalized spacial score (nSPS) is 14.2. The zero-order chi connectivity index (χ0) is 19.8. The van der Waals surface area contributed by atoms with Crippen molar-refractivity contribution in [2.24, 2.45) is 0 Å². The number of anilines is 2. The Kier molecular flexibility index (Phi) is 4.98. The van der Waals surface area contributed by atoms with Gasteiger partial charge in [0.15, 0.2) is 0 Å². The number of carbonyl (C=O) groups excluding carboxylic acids is 2. The van der Waals surface area contributed by atoms with Crippen molar-refractivity contribution in [2.75, 3.05) is 16.8 Å². The summed E-state index contributed by atoms with van der Waals surface area (Å²) in [5.41, 5.74) is 1.72. The van der Waals surface area contributed by atoms with Gasteiger partial charge in [-0.2, -0.15) is 0 Å². The molecule has 140 valence electrons. The maximum absolute atomic E-state index is 13.4. The van der Waals surface area contributed by atoms with Gasteiger partial charge in [0.2, 0.25) is 0 Å². The van der Waals surface area contributed by atoms with Crippen LogP contribution in [0.15, 0.2) is 71.7 Å². The smallest absolute Gasteiger partial charge is 0.282 e. The summed E-state index contributed by atoms with van der Waals surface area (Å²) in [5, 5.41) is 2.32. The highest BCUT2D eigenvalue weighted by atomic mass is 35.5. The van der Waals surface area contributed by atoms with Crippen LogP contribution in [0.4, 0.5) is 11.4 Å². The molecule has 3 aromatic rings. The number of benzene rings is 2. The molecular weight excluding hydrogens is 415 g/mol. The molecule has 1 aromatic heterocycles. The minimum Gasteiger partial charge on any atom is -0.339 e. The van der Waals surface area contributed by atoms with Crippen LogP contribution < -0.4 is 9.80 Å². The Hall–Kier alpha value is -2.60. The summed E-state index contributed by atoms with van der Waals surface area (Å²) in [6.07, 6.45) is 0. The first-order valence-corrected chi connectivity index (χ1v) is 10.0. The third kappa shape index (κ3) is 3.02. The minimum atomic E-state index is -0.441. The fraction of sp³-hybridized carbons (Fsp3) is 0.0476. The van der Waals surface area contributed by atoms with Crippen LogP contribution in [0.25, 0.3) is 5.57 Å². The first-order valence-electron chi connectivity index (χ1n) is 8.40. The van der Waals surface area contributed by atoms with Crippen molar-refractivity contribution in [2.45, 2.75) is 0 Å². The molecule has 0 aliphatic carbocycles. The second kappa shape index (κ2) is 7.43. The fourth-order valence-electron chi connectivity index (χ4n) is 3.14. The first-order chi connectivity index (χ1) is 13.5. The van der Waals surface area contributed by atoms with E-state index in [0.717, 1.165) is 15.5 Å². The molecule has 2 heterocycles. The molecular formula is C21H14Cl2N2O2S. The lowest BCUT2D eigenvalue weighted by Gasteiger charge is -2.22. The van der Waals surface area contributed by atoms with Gasteiger partial charge in [0.25, 0.3) is 11.8 Å². The van der Waals surface area contributed by atoms with Crippen molar-refractivity contribution in [3.05, 3.63) is 86.7 Å². The molecule has 0 fully saturated rings.